The highest BCUT2D eigenvalue weighted by atomic mass is 16.4. The summed E-state index contributed by atoms with van der Waals surface area (Å²) in [6.07, 6.45) is 3.84. The van der Waals surface area contributed by atoms with Crippen LogP contribution < -0.4 is 5.32 Å². The van der Waals surface area contributed by atoms with Gasteiger partial charge in [0.05, 0.1) is 0 Å². The van der Waals surface area contributed by atoms with E-state index in [1.54, 1.807) is 11.8 Å². The van der Waals surface area contributed by atoms with Crippen LogP contribution in [0.5, 0.6) is 0 Å². The minimum Gasteiger partial charge on any atom is -0.480 e. The number of rotatable bonds is 7. The standard InChI is InChI=1S/C13H24N2O4/c1-3-13(2,11(17)18)14-12(19)15(8-5-9-16)10-6-4-7-10/h10,16H,3-9H2,1-2H3,(H,14,19)(H,17,18). The summed E-state index contributed by atoms with van der Waals surface area (Å²) >= 11 is 0. The lowest BCUT2D eigenvalue weighted by atomic mass is 9.91. The first-order valence-corrected chi connectivity index (χ1v) is 6.87. The predicted octanol–water partition coefficient (Wildman–Crippen LogP) is 1.19. The molecule has 0 saturated heterocycles. The summed E-state index contributed by atoms with van der Waals surface area (Å²) in [5.74, 6) is -1.03. The van der Waals surface area contributed by atoms with Crippen molar-refractivity contribution in [3.63, 3.8) is 0 Å². The number of carbonyl (C=O) groups excluding carboxylic acids is 1. The minimum absolute atomic E-state index is 0.0283. The number of amides is 2. The van der Waals surface area contributed by atoms with Gasteiger partial charge in [-0.1, -0.05) is 6.92 Å². The molecule has 1 saturated carbocycles. The van der Waals surface area contributed by atoms with Crippen molar-refractivity contribution in [3.05, 3.63) is 0 Å². The molecule has 1 rings (SSSR count). The van der Waals surface area contributed by atoms with E-state index in [1.165, 1.54) is 6.92 Å². The van der Waals surface area contributed by atoms with Gasteiger partial charge in [0.15, 0.2) is 0 Å². The average Bonchev–Trinajstić information content (AvgIpc) is 2.31. The Morgan fingerprint density at radius 2 is 2.05 bits per heavy atom. The van der Waals surface area contributed by atoms with Crippen LogP contribution in [0.25, 0.3) is 0 Å². The third-order valence-corrected chi connectivity index (χ3v) is 3.90. The third-order valence-electron chi connectivity index (χ3n) is 3.90. The summed E-state index contributed by atoms with van der Waals surface area (Å²) in [4.78, 5) is 25.1. The minimum atomic E-state index is -1.24. The van der Waals surface area contributed by atoms with E-state index in [0.717, 1.165) is 19.3 Å². The fourth-order valence-corrected chi connectivity index (χ4v) is 1.99. The second-order valence-corrected chi connectivity index (χ2v) is 5.28. The maximum atomic E-state index is 12.2. The first kappa shape index (κ1) is 15.8. The van der Waals surface area contributed by atoms with Crippen LogP contribution in [-0.2, 0) is 4.79 Å². The lowest BCUT2D eigenvalue weighted by molar-refractivity contribution is -0.143. The maximum absolute atomic E-state index is 12.2. The fourth-order valence-electron chi connectivity index (χ4n) is 1.99. The zero-order chi connectivity index (χ0) is 14.5. The smallest absolute Gasteiger partial charge is 0.329 e. The van der Waals surface area contributed by atoms with Crippen LogP contribution in [0.3, 0.4) is 0 Å². The summed E-state index contributed by atoms with van der Waals surface area (Å²) in [5.41, 5.74) is -1.24. The number of nitrogens with zero attached hydrogens (tertiary/aromatic N) is 1. The van der Waals surface area contributed by atoms with Crippen LogP contribution in [0.2, 0.25) is 0 Å². The van der Waals surface area contributed by atoms with Gasteiger partial charge in [-0.05, 0) is 39.0 Å². The third kappa shape index (κ3) is 3.83. The van der Waals surface area contributed by atoms with E-state index in [0.29, 0.717) is 19.4 Å². The molecule has 1 aliphatic carbocycles. The van der Waals surface area contributed by atoms with Crippen LogP contribution in [0.1, 0.15) is 46.0 Å². The first-order chi connectivity index (χ1) is 8.94. The summed E-state index contributed by atoms with van der Waals surface area (Å²) in [6.45, 7) is 3.74. The van der Waals surface area contributed by atoms with Gasteiger partial charge < -0.3 is 20.4 Å². The van der Waals surface area contributed by atoms with Crippen molar-refractivity contribution in [2.45, 2.75) is 57.5 Å². The number of nitrogens with one attached hydrogen (secondary N) is 1. The number of hydrogen-bond donors (Lipinski definition) is 3. The molecule has 0 aromatic carbocycles. The van der Waals surface area contributed by atoms with Gasteiger partial charge in [0.25, 0.3) is 0 Å². The Balaban J connectivity index is 2.67. The van der Waals surface area contributed by atoms with Gasteiger partial charge in [-0.15, -0.1) is 0 Å². The van der Waals surface area contributed by atoms with Gasteiger partial charge in [0, 0.05) is 19.2 Å². The van der Waals surface area contributed by atoms with E-state index in [9.17, 15) is 14.7 Å². The number of aliphatic hydroxyl groups is 1. The number of urea groups is 1. The number of carboxylic acid groups (broad SMARTS) is 1. The molecule has 1 aliphatic rings. The molecule has 0 bridgehead atoms. The van der Waals surface area contributed by atoms with Crippen LogP contribution >= 0.6 is 0 Å². The van der Waals surface area contributed by atoms with E-state index in [1.807, 2.05) is 0 Å². The van der Waals surface area contributed by atoms with E-state index in [-0.39, 0.29) is 18.7 Å². The molecule has 0 spiro atoms. The Kier molecular flexibility index (Phi) is 5.60. The van der Waals surface area contributed by atoms with Gasteiger partial charge in [-0.3, -0.25) is 0 Å². The van der Waals surface area contributed by atoms with Crippen molar-refractivity contribution >= 4 is 12.0 Å². The van der Waals surface area contributed by atoms with Crippen LogP contribution in [0.15, 0.2) is 0 Å². The largest absolute Gasteiger partial charge is 0.480 e. The number of hydrogen-bond acceptors (Lipinski definition) is 3. The molecule has 0 aliphatic heterocycles. The molecule has 0 aromatic rings. The Labute approximate surface area is 113 Å². The van der Waals surface area contributed by atoms with E-state index in [4.69, 9.17) is 5.11 Å². The van der Waals surface area contributed by atoms with Crippen molar-refractivity contribution in [3.8, 4) is 0 Å². The van der Waals surface area contributed by atoms with Gasteiger partial charge >= 0.3 is 12.0 Å². The molecule has 6 nitrogen and oxygen atoms in total. The molecule has 6 heteroatoms. The molecular formula is C13H24N2O4. The summed E-state index contributed by atoms with van der Waals surface area (Å²) in [5, 5.41) is 20.7. The van der Waals surface area contributed by atoms with Gasteiger partial charge in [0.2, 0.25) is 0 Å². The van der Waals surface area contributed by atoms with Crippen molar-refractivity contribution in [2.24, 2.45) is 0 Å². The Hall–Kier alpha value is -1.30. The van der Waals surface area contributed by atoms with Crippen molar-refractivity contribution in [1.29, 1.82) is 0 Å². The van der Waals surface area contributed by atoms with Gasteiger partial charge in [-0.2, -0.15) is 0 Å². The van der Waals surface area contributed by atoms with Crippen LogP contribution in [0, 0.1) is 0 Å². The Bertz CT molecular complexity index is 331. The monoisotopic (exact) mass is 272 g/mol. The first-order valence-electron chi connectivity index (χ1n) is 6.87. The Morgan fingerprint density at radius 1 is 1.42 bits per heavy atom. The fraction of sp³-hybridized carbons (Fsp3) is 0.846. The lowest BCUT2D eigenvalue weighted by Gasteiger charge is -2.39. The zero-order valence-corrected chi connectivity index (χ0v) is 11.7. The van der Waals surface area contributed by atoms with Gasteiger partial charge in [0.1, 0.15) is 5.54 Å². The highest BCUT2D eigenvalue weighted by molar-refractivity contribution is 5.86. The van der Waals surface area contributed by atoms with E-state index < -0.39 is 11.5 Å². The average molecular weight is 272 g/mol. The summed E-state index contributed by atoms with van der Waals surface area (Å²) in [7, 11) is 0. The SMILES string of the molecule is CCC(C)(NC(=O)N(CCCO)C1CCC1)C(=O)O. The topological polar surface area (TPSA) is 89.9 Å². The zero-order valence-electron chi connectivity index (χ0n) is 11.7. The normalized spacial score (nSPS) is 18.3. The quantitative estimate of drug-likeness (QED) is 0.649. The lowest BCUT2D eigenvalue weighted by Crippen LogP contribution is -2.58. The van der Waals surface area contributed by atoms with E-state index >= 15 is 0 Å². The highest BCUT2D eigenvalue weighted by Gasteiger charge is 2.36. The second-order valence-electron chi connectivity index (χ2n) is 5.28. The summed E-state index contributed by atoms with van der Waals surface area (Å²) < 4.78 is 0. The maximum Gasteiger partial charge on any atom is 0.329 e. The van der Waals surface area contributed by atoms with Crippen LogP contribution in [-0.4, -0.2) is 51.8 Å². The molecule has 0 aromatic heterocycles. The molecular weight excluding hydrogens is 248 g/mol. The Morgan fingerprint density at radius 3 is 2.42 bits per heavy atom. The van der Waals surface area contributed by atoms with Crippen LogP contribution in [0.4, 0.5) is 4.79 Å². The number of carboxylic acids is 1. The molecule has 1 unspecified atom stereocenters. The predicted molar refractivity (Wildman–Crippen MR) is 70.9 cm³/mol. The molecule has 1 atom stereocenters. The molecule has 2 amide bonds. The van der Waals surface area contributed by atoms with Crippen molar-refractivity contribution in [1.82, 2.24) is 10.2 Å². The molecule has 0 radical (unpaired) electrons. The number of aliphatic hydroxyl groups excluding tert-OH is 1. The molecule has 3 N–H and O–H groups in total. The number of aliphatic carboxylic acids is 1. The van der Waals surface area contributed by atoms with Crippen molar-refractivity contribution < 1.29 is 19.8 Å². The molecule has 0 heterocycles. The highest BCUT2D eigenvalue weighted by Crippen LogP contribution is 2.25. The molecule has 110 valence electrons. The number of carbonyl (C=O) groups is 2. The van der Waals surface area contributed by atoms with Crippen molar-refractivity contribution in [2.75, 3.05) is 13.2 Å². The molecule has 19 heavy (non-hydrogen) atoms. The molecule has 1 fully saturated rings. The second kappa shape index (κ2) is 6.75. The van der Waals surface area contributed by atoms with Gasteiger partial charge in [-0.25, -0.2) is 9.59 Å². The van der Waals surface area contributed by atoms with E-state index in [2.05, 4.69) is 5.32 Å². The summed E-state index contributed by atoms with van der Waals surface area (Å²) in [6, 6.07) is -0.161.